The number of hydrogen-bond donors (Lipinski definition) is 1. The normalized spacial score (nSPS) is 11.7. The molecular weight excluding hydrogens is 359 g/mol. The minimum absolute atomic E-state index is 0.203. The third-order valence-corrected chi connectivity index (χ3v) is 4.09. The third-order valence-electron chi connectivity index (χ3n) is 2.75. The predicted molar refractivity (Wildman–Crippen MR) is 88.1 cm³/mol. The Morgan fingerprint density at radius 2 is 2.04 bits per heavy atom. The lowest BCUT2D eigenvalue weighted by atomic mass is 10.3. The molecule has 1 N–H and O–H groups in total. The number of alkyl halides is 1. The highest BCUT2D eigenvalue weighted by molar-refractivity contribution is 7.17. The van der Waals surface area contributed by atoms with Crippen LogP contribution in [0, 0.1) is 12.7 Å². The quantitative estimate of drug-likeness (QED) is 0.621. The second-order valence-electron chi connectivity index (χ2n) is 4.53. The molecular formula is C15H14ClFN2O4S. The molecule has 0 aliphatic carbocycles. The number of ether oxygens (including phenoxy) is 2. The maximum absolute atomic E-state index is 12.8. The second-order valence-corrected chi connectivity index (χ2v) is 5.93. The van der Waals surface area contributed by atoms with E-state index in [1.165, 1.54) is 24.3 Å². The average Bonchev–Trinajstić information content (AvgIpc) is 2.90. The van der Waals surface area contributed by atoms with Crippen LogP contribution >= 0.6 is 22.9 Å². The van der Waals surface area contributed by atoms with E-state index in [9.17, 15) is 14.0 Å². The SMILES string of the molecule is CCOC(=O)c1sc(NC(=O)C(Cl)Oc2ccc(F)cc2)nc1C. The monoisotopic (exact) mass is 372 g/mol. The van der Waals surface area contributed by atoms with Gasteiger partial charge in [-0.3, -0.25) is 10.1 Å². The van der Waals surface area contributed by atoms with E-state index in [0.29, 0.717) is 10.6 Å². The standard InChI is InChI=1S/C15H14ClFN2O4S/c1-3-22-14(21)11-8(2)18-15(24-11)19-13(20)12(16)23-10-6-4-9(17)5-7-10/h4-7,12H,3H2,1-2H3,(H,18,19,20). The number of nitrogens with one attached hydrogen (secondary N) is 1. The van der Waals surface area contributed by atoms with E-state index < -0.39 is 23.3 Å². The first-order valence-electron chi connectivity index (χ1n) is 6.92. The number of aromatic nitrogens is 1. The zero-order valence-corrected chi connectivity index (χ0v) is 14.4. The molecule has 1 aromatic heterocycles. The van der Waals surface area contributed by atoms with Gasteiger partial charge in [0.1, 0.15) is 16.4 Å². The number of thiazole rings is 1. The zero-order chi connectivity index (χ0) is 17.7. The molecule has 2 aromatic rings. The lowest BCUT2D eigenvalue weighted by molar-refractivity contribution is -0.119. The Hall–Kier alpha value is -2.19. The van der Waals surface area contributed by atoms with Crippen LogP contribution < -0.4 is 10.1 Å². The fourth-order valence-corrected chi connectivity index (χ4v) is 2.70. The van der Waals surface area contributed by atoms with Crippen molar-refractivity contribution < 1.29 is 23.5 Å². The summed E-state index contributed by atoms with van der Waals surface area (Å²) in [5, 5.41) is 2.66. The van der Waals surface area contributed by atoms with Crippen molar-refractivity contribution in [2.45, 2.75) is 19.4 Å². The van der Waals surface area contributed by atoms with E-state index in [1.54, 1.807) is 13.8 Å². The Morgan fingerprint density at radius 3 is 2.67 bits per heavy atom. The van der Waals surface area contributed by atoms with Gasteiger partial charge in [0.15, 0.2) is 5.13 Å². The Labute approximate surface area is 146 Å². The summed E-state index contributed by atoms with van der Waals surface area (Å²) in [7, 11) is 0. The molecule has 1 amide bonds. The Kier molecular flexibility index (Phi) is 6.10. The van der Waals surface area contributed by atoms with Crippen molar-refractivity contribution in [1.82, 2.24) is 4.98 Å². The number of aryl methyl sites for hydroxylation is 1. The molecule has 0 saturated carbocycles. The number of rotatable bonds is 6. The molecule has 2 rings (SSSR count). The maximum Gasteiger partial charge on any atom is 0.350 e. The average molecular weight is 373 g/mol. The third kappa shape index (κ3) is 4.65. The summed E-state index contributed by atoms with van der Waals surface area (Å²) in [6.07, 6.45) is 0. The van der Waals surface area contributed by atoms with E-state index in [1.807, 2.05) is 0 Å². The molecule has 1 heterocycles. The highest BCUT2D eigenvalue weighted by Crippen LogP contribution is 2.24. The van der Waals surface area contributed by atoms with Gasteiger partial charge in [-0.25, -0.2) is 14.2 Å². The summed E-state index contributed by atoms with van der Waals surface area (Å²) in [6, 6.07) is 5.08. The molecule has 0 saturated heterocycles. The van der Waals surface area contributed by atoms with Crippen LogP contribution in [-0.2, 0) is 9.53 Å². The molecule has 9 heteroatoms. The molecule has 1 aromatic carbocycles. The minimum Gasteiger partial charge on any atom is -0.465 e. The summed E-state index contributed by atoms with van der Waals surface area (Å²) in [6.45, 7) is 3.57. The number of anilines is 1. The molecule has 1 unspecified atom stereocenters. The van der Waals surface area contributed by atoms with Crippen molar-refractivity contribution in [2.75, 3.05) is 11.9 Å². The van der Waals surface area contributed by atoms with Gasteiger partial charge in [-0.15, -0.1) is 0 Å². The maximum atomic E-state index is 12.8. The van der Waals surface area contributed by atoms with Gasteiger partial charge in [0, 0.05) is 0 Å². The lowest BCUT2D eigenvalue weighted by Gasteiger charge is -2.11. The number of carbonyl (C=O) groups excluding carboxylic acids is 2. The van der Waals surface area contributed by atoms with E-state index >= 15 is 0 Å². The van der Waals surface area contributed by atoms with Crippen molar-refractivity contribution in [2.24, 2.45) is 0 Å². The lowest BCUT2D eigenvalue weighted by Crippen LogP contribution is -2.28. The topological polar surface area (TPSA) is 77.5 Å². The number of nitrogens with zero attached hydrogens (tertiary/aromatic N) is 1. The molecule has 0 radical (unpaired) electrons. The van der Waals surface area contributed by atoms with Crippen LogP contribution in [0.4, 0.5) is 9.52 Å². The number of carbonyl (C=O) groups is 2. The summed E-state index contributed by atoms with van der Waals surface area (Å²) in [4.78, 5) is 28.1. The van der Waals surface area contributed by atoms with Gasteiger partial charge in [-0.05, 0) is 38.1 Å². The molecule has 0 spiro atoms. The molecule has 128 valence electrons. The van der Waals surface area contributed by atoms with Gasteiger partial charge in [0.05, 0.1) is 12.3 Å². The zero-order valence-electron chi connectivity index (χ0n) is 12.8. The smallest absolute Gasteiger partial charge is 0.350 e. The number of benzene rings is 1. The van der Waals surface area contributed by atoms with Crippen LogP contribution in [0.5, 0.6) is 5.75 Å². The van der Waals surface area contributed by atoms with E-state index in [2.05, 4.69) is 10.3 Å². The van der Waals surface area contributed by atoms with Crippen molar-refractivity contribution in [3.63, 3.8) is 0 Å². The van der Waals surface area contributed by atoms with E-state index in [0.717, 1.165) is 11.3 Å². The van der Waals surface area contributed by atoms with Gasteiger partial charge in [0.25, 0.3) is 11.5 Å². The van der Waals surface area contributed by atoms with Crippen LogP contribution in [0.3, 0.4) is 0 Å². The van der Waals surface area contributed by atoms with Crippen LogP contribution in [0.2, 0.25) is 0 Å². The van der Waals surface area contributed by atoms with Gasteiger partial charge in [0.2, 0.25) is 0 Å². The number of hydrogen-bond acceptors (Lipinski definition) is 6. The minimum atomic E-state index is -1.34. The Bertz CT molecular complexity index is 736. The summed E-state index contributed by atoms with van der Waals surface area (Å²) >= 11 is 6.85. The van der Waals surface area contributed by atoms with Crippen molar-refractivity contribution in [1.29, 1.82) is 0 Å². The predicted octanol–water partition coefficient (Wildman–Crippen LogP) is 3.35. The first kappa shape index (κ1) is 18.2. The molecule has 0 aliphatic heterocycles. The molecule has 0 aliphatic rings. The second kappa shape index (κ2) is 8.07. The highest BCUT2D eigenvalue weighted by atomic mass is 35.5. The molecule has 0 fully saturated rings. The number of halogens is 2. The van der Waals surface area contributed by atoms with Crippen LogP contribution in [0.15, 0.2) is 24.3 Å². The van der Waals surface area contributed by atoms with Crippen molar-refractivity contribution in [3.8, 4) is 5.75 Å². The summed E-state index contributed by atoms with van der Waals surface area (Å²) < 4.78 is 22.9. The van der Waals surface area contributed by atoms with Crippen molar-refractivity contribution in [3.05, 3.63) is 40.7 Å². The fraction of sp³-hybridized carbons (Fsp3) is 0.267. The number of esters is 1. The fourth-order valence-electron chi connectivity index (χ4n) is 1.68. The van der Waals surface area contributed by atoms with E-state index in [4.69, 9.17) is 21.1 Å². The Morgan fingerprint density at radius 1 is 1.38 bits per heavy atom. The van der Waals surface area contributed by atoms with Gasteiger partial charge in [-0.1, -0.05) is 22.9 Å². The van der Waals surface area contributed by atoms with Crippen LogP contribution in [0.1, 0.15) is 22.3 Å². The Balaban J connectivity index is 1.99. The molecule has 24 heavy (non-hydrogen) atoms. The van der Waals surface area contributed by atoms with Gasteiger partial charge < -0.3 is 9.47 Å². The molecule has 0 bridgehead atoms. The first-order valence-corrected chi connectivity index (χ1v) is 8.17. The van der Waals surface area contributed by atoms with Crippen LogP contribution in [0.25, 0.3) is 0 Å². The number of amides is 1. The largest absolute Gasteiger partial charge is 0.465 e. The van der Waals surface area contributed by atoms with E-state index in [-0.39, 0.29) is 17.5 Å². The summed E-state index contributed by atoms with van der Waals surface area (Å²) in [5.74, 6) is -1.35. The highest BCUT2D eigenvalue weighted by Gasteiger charge is 2.21. The molecule has 6 nitrogen and oxygen atoms in total. The first-order chi connectivity index (χ1) is 11.4. The van der Waals surface area contributed by atoms with Crippen LogP contribution in [-0.4, -0.2) is 29.0 Å². The summed E-state index contributed by atoms with van der Waals surface area (Å²) in [5.41, 5.74) is -0.898. The molecule has 1 atom stereocenters. The van der Waals surface area contributed by atoms with Gasteiger partial charge >= 0.3 is 5.97 Å². The van der Waals surface area contributed by atoms with Gasteiger partial charge in [-0.2, -0.15) is 0 Å². The van der Waals surface area contributed by atoms with Crippen molar-refractivity contribution >= 4 is 39.9 Å².